The van der Waals surface area contributed by atoms with Crippen LogP contribution in [0.4, 0.5) is 8.78 Å². The molecule has 2 aliphatic heterocycles. The zero-order valence-electron chi connectivity index (χ0n) is 16.7. The summed E-state index contributed by atoms with van der Waals surface area (Å²) in [4.78, 5) is 29.3. The van der Waals surface area contributed by atoms with Gasteiger partial charge in [-0.2, -0.15) is 8.78 Å². The van der Waals surface area contributed by atoms with E-state index < -0.39 is 6.61 Å². The maximum absolute atomic E-state index is 12.8. The molecule has 2 aliphatic rings. The zero-order valence-corrected chi connectivity index (χ0v) is 16.7. The molecule has 8 heteroatoms. The lowest BCUT2D eigenvalue weighted by Gasteiger charge is -2.34. The van der Waals surface area contributed by atoms with E-state index in [0.717, 1.165) is 25.9 Å². The lowest BCUT2D eigenvalue weighted by Crippen LogP contribution is -2.44. The number of hydrogen-bond acceptors (Lipinski definition) is 4. The van der Waals surface area contributed by atoms with Crippen molar-refractivity contribution in [3.8, 4) is 11.5 Å². The van der Waals surface area contributed by atoms with Crippen LogP contribution in [-0.4, -0.2) is 61.5 Å². The molecule has 0 spiro atoms. The van der Waals surface area contributed by atoms with Gasteiger partial charge in [0.05, 0.1) is 7.11 Å². The SMILES string of the molecule is COc1cc(C(=O)N2CCC(C(=O)N3CCCCCC3)CC2)ccc1OC(F)F. The number of ether oxygens (including phenoxy) is 2. The van der Waals surface area contributed by atoms with Gasteiger partial charge in [-0.15, -0.1) is 0 Å². The normalized spacial score (nSPS) is 18.5. The monoisotopic (exact) mass is 410 g/mol. The predicted molar refractivity (Wildman–Crippen MR) is 103 cm³/mol. The fourth-order valence-corrected chi connectivity index (χ4v) is 4.06. The van der Waals surface area contributed by atoms with E-state index in [9.17, 15) is 18.4 Å². The first-order valence-corrected chi connectivity index (χ1v) is 10.2. The maximum atomic E-state index is 12.8. The standard InChI is InChI=1S/C21H28F2N2O4/c1-28-18-14-16(6-7-17(18)29-21(22)23)20(27)25-12-8-15(9-13-25)19(26)24-10-4-2-3-5-11-24/h6-7,14-15,21H,2-5,8-13H2,1H3. The molecule has 2 saturated heterocycles. The molecule has 0 unspecified atom stereocenters. The zero-order chi connectivity index (χ0) is 20.8. The Bertz CT molecular complexity index is 713. The van der Waals surface area contributed by atoms with Crippen LogP contribution < -0.4 is 9.47 Å². The van der Waals surface area contributed by atoms with Crippen LogP contribution >= 0.6 is 0 Å². The molecule has 0 saturated carbocycles. The van der Waals surface area contributed by atoms with Gasteiger partial charge in [0.25, 0.3) is 5.91 Å². The Kier molecular flexibility index (Phi) is 7.28. The number of halogens is 2. The number of piperidine rings is 1. The fourth-order valence-electron chi connectivity index (χ4n) is 4.06. The van der Waals surface area contributed by atoms with Crippen molar-refractivity contribution in [1.29, 1.82) is 0 Å². The van der Waals surface area contributed by atoms with Crippen LogP contribution in [0.3, 0.4) is 0 Å². The van der Waals surface area contributed by atoms with Crippen LogP contribution in [0.25, 0.3) is 0 Å². The summed E-state index contributed by atoms with van der Waals surface area (Å²) in [6.45, 7) is -0.289. The molecule has 0 N–H and O–H groups in total. The van der Waals surface area contributed by atoms with Crippen molar-refractivity contribution < 1.29 is 27.8 Å². The van der Waals surface area contributed by atoms with Crippen molar-refractivity contribution in [2.75, 3.05) is 33.3 Å². The number of alkyl halides is 2. The maximum Gasteiger partial charge on any atom is 0.387 e. The summed E-state index contributed by atoms with van der Waals surface area (Å²) >= 11 is 0. The molecule has 2 fully saturated rings. The number of rotatable bonds is 5. The number of benzene rings is 1. The first-order chi connectivity index (χ1) is 14.0. The van der Waals surface area contributed by atoms with Crippen molar-refractivity contribution in [1.82, 2.24) is 9.80 Å². The highest BCUT2D eigenvalue weighted by Crippen LogP contribution is 2.30. The first-order valence-electron chi connectivity index (χ1n) is 10.2. The van der Waals surface area contributed by atoms with E-state index >= 15 is 0 Å². The second-order valence-electron chi connectivity index (χ2n) is 7.55. The summed E-state index contributed by atoms with van der Waals surface area (Å²) in [6, 6.07) is 4.18. The van der Waals surface area contributed by atoms with Crippen LogP contribution in [0.2, 0.25) is 0 Å². The van der Waals surface area contributed by atoms with Crippen molar-refractivity contribution >= 4 is 11.8 Å². The van der Waals surface area contributed by atoms with Crippen molar-refractivity contribution in [3.05, 3.63) is 23.8 Å². The molecule has 2 amide bonds. The van der Waals surface area contributed by atoms with Crippen molar-refractivity contribution in [3.63, 3.8) is 0 Å². The number of nitrogens with zero attached hydrogens (tertiary/aromatic N) is 2. The highest BCUT2D eigenvalue weighted by molar-refractivity contribution is 5.95. The van der Waals surface area contributed by atoms with E-state index in [0.29, 0.717) is 31.5 Å². The molecular formula is C21H28F2N2O4. The smallest absolute Gasteiger partial charge is 0.387 e. The molecule has 3 rings (SSSR count). The minimum atomic E-state index is -2.97. The number of likely N-dealkylation sites (tertiary alicyclic amines) is 2. The third-order valence-electron chi connectivity index (χ3n) is 5.68. The van der Waals surface area contributed by atoms with Gasteiger partial charge in [0.2, 0.25) is 5.91 Å². The van der Waals surface area contributed by atoms with Crippen molar-refractivity contribution in [2.45, 2.75) is 45.1 Å². The first kappa shape index (κ1) is 21.3. The molecule has 1 aromatic carbocycles. The molecule has 0 aliphatic carbocycles. The Labute approximate surface area is 169 Å². The van der Waals surface area contributed by atoms with Crippen LogP contribution in [0.1, 0.15) is 48.9 Å². The summed E-state index contributed by atoms with van der Waals surface area (Å²) in [6.07, 6.45) is 5.78. The lowest BCUT2D eigenvalue weighted by atomic mass is 9.94. The lowest BCUT2D eigenvalue weighted by molar-refractivity contribution is -0.136. The van der Waals surface area contributed by atoms with E-state index in [1.165, 1.54) is 38.2 Å². The van der Waals surface area contributed by atoms with E-state index in [-0.39, 0.29) is 29.2 Å². The Balaban J connectivity index is 1.59. The molecule has 1 aromatic rings. The van der Waals surface area contributed by atoms with Crippen LogP contribution in [0.15, 0.2) is 18.2 Å². The summed E-state index contributed by atoms with van der Waals surface area (Å²) in [7, 11) is 1.34. The van der Waals surface area contributed by atoms with Gasteiger partial charge in [-0.05, 0) is 43.9 Å². The van der Waals surface area contributed by atoms with Gasteiger partial charge in [0, 0.05) is 37.7 Å². The van der Waals surface area contributed by atoms with Gasteiger partial charge in [-0.1, -0.05) is 12.8 Å². The van der Waals surface area contributed by atoms with Gasteiger partial charge in [0.1, 0.15) is 0 Å². The predicted octanol–water partition coefficient (Wildman–Crippen LogP) is 3.55. The quantitative estimate of drug-likeness (QED) is 0.745. The molecule has 6 nitrogen and oxygen atoms in total. The van der Waals surface area contributed by atoms with Crippen LogP contribution in [0, 0.1) is 5.92 Å². The second kappa shape index (κ2) is 9.89. The van der Waals surface area contributed by atoms with Gasteiger partial charge in [0.15, 0.2) is 11.5 Å². The van der Waals surface area contributed by atoms with Crippen molar-refractivity contribution in [2.24, 2.45) is 5.92 Å². The van der Waals surface area contributed by atoms with E-state index in [1.807, 2.05) is 4.90 Å². The number of methoxy groups -OCH3 is 1. The molecule has 2 heterocycles. The Morgan fingerprint density at radius 2 is 1.62 bits per heavy atom. The molecule has 0 aromatic heterocycles. The van der Waals surface area contributed by atoms with E-state index in [1.54, 1.807) is 4.90 Å². The minimum Gasteiger partial charge on any atom is -0.493 e. The third kappa shape index (κ3) is 5.36. The fraction of sp³-hybridized carbons (Fsp3) is 0.619. The van der Waals surface area contributed by atoms with E-state index in [4.69, 9.17) is 4.74 Å². The Hall–Kier alpha value is -2.38. The minimum absolute atomic E-state index is 0.0338. The third-order valence-corrected chi connectivity index (χ3v) is 5.68. The summed E-state index contributed by atoms with van der Waals surface area (Å²) in [5.74, 6) is -0.0431. The van der Waals surface area contributed by atoms with Gasteiger partial charge in [-0.3, -0.25) is 9.59 Å². The molecule has 160 valence electrons. The van der Waals surface area contributed by atoms with Gasteiger partial charge >= 0.3 is 6.61 Å². The largest absolute Gasteiger partial charge is 0.493 e. The van der Waals surface area contributed by atoms with Crippen LogP contribution in [-0.2, 0) is 4.79 Å². The summed E-state index contributed by atoms with van der Waals surface area (Å²) in [5, 5.41) is 0. The van der Waals surface area contributed by atoms with Crippen LogP contribution in [0.5, 0.6) is 11.5 Å². The summed E-state index contributed by atoms with van der Waals surface area (Å²) < 4.78 is 34.4. The van der Waals surface area contributed by atoms with Gasteiger partial charge < -0.3 is 19.3 Å². The second-order valence-corrected chi connectivity index (χ2v) is 7.55. The highest BCUT2D eigenvalue weighted by Gasteiger charge is 2.31. The Morgan fingerprint density at radius 1 is 0.966 bits per heavy atom. The molecule has 29 heavy (non-hydrogen) atoms. The average molecular weight is 410 g/mol. The van der Waals surface area contributed by atoms with Gasteiger partial charge in [-0.25, -0.2) is 0 Å². The number of carbonyl (C=O) groups is 2. The number of carbonyl (C=O) groups excluding carboxylic acids is 2. The number of amides is 2. The molecule has 0 atom stereocenters. The average Bonchev–Trinajstić information content (AvgIpc) is 3.02. The van der Waals surface area contributed by atoms with E-state index in [2.05, 4.69) is 4.74 Å². The number of hydrogen-bond donors (Lipinski definition) is 0. The molecule has 0 bridgehead atoms. The summed E-state index contributed by atoms with van der Waals surface area (Å²) in [5.41, 5.74) is 0.348. The molecular weight excluding hydrogens is 382 g/mol. The Morgan fingerprint density at radius 3 is 2.21 bits per heavy atom. The highest BCUT2D eigenvalue weighted by atomic mass is 19.3. The molecule has 0 radical (unpaired) electrons. The topological polar surface area (TPSA) is 59.1 Å².